The van der Waals surface area contributed by atoms with E-state index in [1.54, 1.807) is 6.07 Å². The van der Waals surface area contributed by atoms with Crippen molar-refractivity contribution in [1.82, 2.24) is 9.97 Å². The zero-order valence-corrected chi connectivity index (χ0v) is 9.62. The Morgan fingerprint density at radius 3 is 2.65 bits per heavy atom. The van der Waals surface area contributed by atoms with Crippen LogP contribution < -0.4 is 0 Å². The lowest BCUT2D eigenvalue weighted by Gasteiger charge is -2.04. The number of nitrogens with zero attached hydrogens (tertiary/aromatic N) is 1. The van der Waals surface area contributed by atoms with Crippen LogP contribution in [-0.4, -0.2) is 9.97 Å². The summed E-state index contributed by atoms with van der Waals surface area (Å²) in [5, 5.41) is 0. The first-order valence-electron chi connectivity index (χ1n) is 6.49. The van der Waals surface area contributed by atoms with Crippen molar-refractivity contribution < 1.29 is 4.39 Å². The van der Waals surface area contributed by atoms with Crippen molar-refractivity contribution in [3.63, 3.8) is 0 Å². The topological polar surface area (TPSA) is 28.7 Å². The number of fused-ring (bicyclic) bond motifs is 2. The van der Waals surface area contributed by atoms with Gasteiger partial charge in [0.2, 0.25) is 0 Å². The van der Waals surface area contributed by atoms with E-state index in [0.717, 1.165) is 23.2 Å². The van der Waals surface area contributed by atoms with Crippen LogP contribution in [0.2, 0.25) is 0 Å². The van der Waals surface area contributed by atoms with Crippen LogP contribution in [0.15, 0.2) is 18.2 Å². The maximum atomic E-state index is 13.6. The highest BCUT2D eigenvalue weighted by Crippen LogP contribution is 2.60. The van der Waals surface area contributed by atoms with Crippen molar-refractivity contribution in [2.45, 2.75) is 31.6 Å². The molecular weight excluding hydrogens is 215 g/mol. The van der Waals surface area contributed by atoms with Gasteiger partial charge in [0.05, 0.1) is 5.52 Å². The van der Waals surface area contributed by atoms with Gasteiger partial charge < -0.3 is 4.98 Å². The van der Waals surface area contributed by atoms with E-state index in [2.05, 4.69) is 9.97 Å². The molecule has 2 aromatic rings. The number of H-pyrrole nitrogens is 1. The van der Waals surface area contributed by atoms with Gasteiger partial charge in [-0.1, -0.05) is 18.9 Å². The molecule has 3 heteroatoms. The quantitative estimate of drug-likeness (QED) is 0.796. The molecule has 2 aliphatic rings. The molecule has 2 aliphatic carbocycles. The summed E-state index contributed by atoms with van der Waals surface area (Å²) < 4.78 is 13.6. The number of aromatic amines is 1. The minimum atomic E-state index is -0.214. The van der Waals surface area contributed by atoms with E-state index in [1.165, 1.54) is 31.7 Å². The molecule has 2 nitrogen and oxygen atoms in total. The molecule has 1 aromatic carbocycles. The van der Waals surface area contributed by atoms with Crippen molar-refractivity contribution >= 4 is 11.0 Å². The summed E-state index contributed by atoms with van der Waals surface area (Å²) in [6.45, 7) is 0. The fourth-order valence-corrected chi connectivity index (χ4v) is 3.57. The molecule has 0 radical (unpaired) electrons. The maximum absolute atomic E-state index is 13.6. The van der Waals surface area contributed by atoms with E-state index >= 15 is 0 Å². The second-order valence-electron chi connectivity index (χ2n) is 5.40. The van der Waals surface area contributed by atoms with Crippen LogP contribution in [0.5, 0.6) is 0 Å². The smallest absolute Gasteiger partial charge is 0.151 e. The van der Waals surface area contributed by atoms with Crippen molar-refractivity contribution in [3.8, 4) is 0 Å². The molecule has 88 valence electrons. The van der Waals surface area contributed by atoms with Crippen LogP contribution in [0, 0.1) is 17.7 Å². The Bertz CT molecular complexity index is 563. The van der Waals surface area contributed by atoms with E-state index in [0.29, 0.717) is 11.4 Å². The van der Waals surface area contributed by atoms with Crippen LogP contribution in [0.25, 0.3) is 11.0 Å². The van der Waals surface area contributed by atoms with E-state index in [-0.39, 0.29) is 5.82 Å². The predicted octanol–water partition coefficient (Wildman–Crippen LogP) is 3.61. The number of imidazole rings is 1. The number of halogens is 1. The summed E-state index contributed by atoms with van der Waals surface area (Å²) in [5.74, 6) is 3.00. The lowest BCUT2D eigenvalue weighted by molar-refractivity contribution is 0.480. The molecule has 2 saturated carbocycles. The predicted molar refractivity (Wildman–Crippen MR) is 64.2 cm³/mol. The van der Waals surface area contributed by atoms with Gasteiger partial charge in [0.25, 0.3) is 0 Å². The number of hydrogen-bond acceptors (Lipinski definition) is 1. The third-order valence-corrected chi connectivity index (χ3v) is 4.45. The minimum absolute atomic E-state index is 0.214. The molecule has 2 fully saturated rings. The molecule has 1 N–H and O–H groups in total. The Balaban J connectivity index is 1.75. The highest BCUT2D eigenvalue weighted by atomic mass is 19.1. The highest BCUT2D eigenvalue weighted by molar-refractivity contribution is 5.75. The van der Waals surface area contributed by atoms with Crippen molar-refractivity contribution in [2.24, 2.45) is 11.8 Å². The molecule has 0 aliphatic heterocycles. The van der Waals surface area contributed by atoms with Crippen molar-refractivity contribution in [1.29, 1.82) is 0 Å². The van der Waals surface area contributed by atoms with Crippen LogP contribution in [0.3, 0.4) is 0 Å². The summed E-state index contributed by atoms with van der Waals surface area (Å²) in [7, 11) is 0. The maximum Gasteiger partial charge on any atom is 0.151 e. The molecule has 2 atom stereocenters. The largest absolute Gasteiger partial charge is 0.342 e. The van der Waals surface area contributed by atoms with E-state index in [1.807, 2.05) is 6.07 Å². The Hall–Kier alpha value is -1.38. The Morgan fingerprint density at radius 1 is 1.18 bits per heavy atom. The Morgan fingerprint density at radius 2 is 1.94 bits per heavy atom. The molecule has 1 aromatic heterocycles. The number of benzene rings is 1. The third-order valence-electron chi connectivity index (χ3n) is 4.45. The van der Waals surface area contributed by atoms with E-state index < -0.39 is 0 Å². The van der Waals surface area contributed by atoms with Gasteiger partial charge in [0.1, 0.15) is 11.3 Å². The minimum Gasteiger partial charge on any atom is -0.342 e. The van der Waals surface area contributed by atoms with Crippen LogP contribution in [0.4, 0.5) is 4.39 Å². The van der Waals surface area contributed by atoms with Crippen molar-refractivity contribution in [2.75, 3.05) is 0 Å². The van der Waals surface area contributed by atoms with E-state index in [9.17, 15) is 4.39 Å². The molecule has 17 heavy (non-hydrogen) atoms. The van der Waals surface area contributed by atoms with Gasteiger partial charge in [0, 0.05) is 5.92 Å². The first-order valence-corrected chi connectivity index (χ1v) is 6.49. The Labute approximate surface area is 99.3 Å². The molecule has 0 saturated heterocycles. The molecule has 1 heterocycles. The lowest BCUT2D eigenvalue weighted by atomic mass is 10.0. The molecular formula is C14H15FN2. The fourth-order valence-electron chi connectivity index (χ4n) is 3.57. The number of para-hydroxylation sites is 1. The number of nitrogens with one attached hydrogen (secondary N) is 1. The molecule has 0 spiro atoms. The number of aromatic nitrogens is 2. The monoisotopic (exact) mass is 230 g/mol. The first-order chi connectivity index (χ1) is 8.34. The lowest BCUT2D eigenvalue weighted by Crippen LogP contribution is -1.91. The van der Waals surface area contributed by atoms with Gasteiger partial charge in [-0.15, -0.1) is 0 Å². The zero-order chi connectivity index (χ0) is 11.4. The third kappa shape index (κ3) is 1.34. The normalized spacial score (nSPS) is 31.5. The summed E-state index contributed by atoms with van der Waals surface area (Å²) in [6, 6.07) is 5.12. The summed E-state index contributed by atoms with van der Waals surface area (Å²) in [6.07, 6.45) is 5.36. The van der Waals surface area contributed by atoms with Gasteiger partial charge in [-0.2, -0.15) is 0 Å². The van der Waals surface area contributed by atoms with E-state index in [4.69, 9.17) is 0 Å². The van der Waals surface area contributed by atoms with Gasteiger partial charge in [-0.3, -0.25) is 0 Å². The molecule has 0 amide bonds. The first kappa shape index (κ1) is 9.63. The van der Waals surface area contributed by atoms with Crippen molar-refractivity contribution in [3.05, 3.63) is 29.8 Å². The standard InChI is InChI=1S/C14H15FN2/c15-10-6-3-7-11-13(10)17-14(16-11)12-8-4-1-2-5-9(8)12/h3,6-9,12H,1-2,4-5H2,(H,16,17). The molecule has 4 rings (SSSR count). The summed E-state index contributed by atoms with van der Waals surface area (Å²) in [4.78, 5) is 7.77. The average molecular weight is 230 g/mol. The van der Waals surface area contributed by atoms with Gasteiger partial charge in [-0.05, 0) is 36.8 Å². The zero-order valence-electron chi connectivity index (χ0n) is 9.62. The summed E-state index contributed by atoms with van der Waals surface area (Å²) >= 11 is 0. The van der Waals surface area contributed by atoms with Gasteiger partial charge in [-0.25, -0.2) is 9.37 Å². The SMILES string of the molecule is Fc1cccc2[nH]c(C3C4CCCCC43)nc12. The fraction of sp³-hybridized carbons (Fsp3) is 0.500. The molecule has 2 unspecified atom stereocenters. The average Bonchev–Trinajstić information content (AvgIpc) is 2.91. The van der Waals surface area contributed by atoms with Gasteiger partial charge in [0.15, 0.2) is 5.82 Å². The molecule has 0 bridgehead atoms. The van der Waals surface area contributed by atoms with Crippen LogP contribution in [-0.2, 0) is 0 Å². The summed E-state index contributed by atoms with van der Waals surface area (Å²) in [5.41, 5.74) is 1.34. The highest BCUT2D eigenvalue weighted by Gasteiger charge is 2.52. The van der Waals surface area contributed by atoms with Crippen LogP contribution >= 0.6 is 0 Å². The second-order valence-corrected chi connectivity index (χ2v) is 5.40. The van der Waals surface area contributed by atoms with Gasteiger partial charge >= 0.3 is 0 Å². The second kappa shape index (κ2) is 3.31. The van der Waals surface area contributed by atoms with Crippen LogP contribution in [0.1, 0.15) is 37.4 Å². The number of rotatable bonds is 1. The Kier molecular flexibility index (Phi) is 1.88. The number of hydrogen-bond donors (Lipinski definition) is 1.